The zero-order chi connectivity index (χ0) is 11.4. The summed E-state index contributed by atoms with van der Waals surface area (Å²) in [6.45, 7) is 0. The number of benzene rings is 1. The van der Waals surface area contributed by atoms with Crippen LogP contribution in [0.4, 0.5) is 11.4 Å². The molecule has 1 aliphatic carbocycles. The number of para-hydroxylation sites is 1. The molecule has 0 spiro atoms. The topological polar surface area (TPSA) is 80.6 Å². The van der Waals surface area contributed by atoms with Crippen LogP contribution in [0.15, 0.2) is 53.7 Å². The SMILES string of the molecule is Nc1ccccc1[NH2+]N=C1C=CC=CC1=[NH2+]. The third kappa shape index (κ3) is 2.24. The fourth-order valence-corrected chi connectivity index (χ4v) is 1.37. The lowest BCUT2D eigenvalue weighted by Gasteiger charge is -1.99. The fourth-order valence-electron chi connectivity index (χ4n) is 1.37. The number of nitrogen functional groups attached to an aromatic ring is 1. The molecule has 1 aromatic rings. The van der Waals surface area contributed by atoms with Gasteiger partial charge in [-0.05, 0) is 12.1 Å². The monoisotopic (exact) mass is 214 g/mol. The highest BCUT2D eigenvalue weighted by atomic mass is 15.3. The maximum Gasteiger partial charge on any atom is 0.228 e. The second kappa shape index (κ2) is 4.55. The first-order valence-corrected chi connectivity index (χ1v) is 5.00. The summed E-state index contributed by atoms with van der Waals surface area (Å²) in [6, 6.07) is 7.57. The van der Waals surface area contributed by atoms with E-state index in [0.717, 1.165) is 11.4 Å². The standard InChI is InChI=1S/C12H12N4/c13-9-5-1-3-7-11(9)15-16-12-8-4-2-6-10(12)14/h1-8,13,16H,14H2/p+2. The number of nitrogens with two attached hydrogens (primary N) is 3. The van der Waals surface area contributed by atoms with E-state index in [9.17, 15) is 0 Å². The van der Waals surface area contributed by atoms with E-state index in [2.05, 4.69) is 5.10 Å². The number of hydrogen-bond donors (Lipinski definition) is 3. The van der Waals surface area contributed by atoms with Crippen LogP contribution >= 0.6 is 0 Å². The molecule has 0 bridgehead atoms. The number of rotatable bonds is 2. The van der Waals surface area contributed by atoms with E-state index in [4.69, 9.17) is 11.1 Å². The van der Waals surface area contributed by atoms with Crippen LogP contribution < -0.4 is 16.6 Å². The number of quaternary nitrogens is 1. The minimum absolute atomic E-state index is 0.660. The molecule has 0 saturated carbocycles. The molecule has 80 valence electrons. The van der Waals surface area contributed by atoms with Crippen LogP contribution in [0.1, 0.15) is 0 Å². The van der Waals surface area contributed by atoms with Crippen molar-refractivity contribution in [2.75, 3.05) is 5.73 Å². The predicted octanol–water partition coefficient (Wildman–Crippen LogP) is -0.854. The molecule has 0 saturated heterocycles. The Morgan fingerprint density at radius 3 is 2.62 bits per heavy atom. The van der Waals surface area contributed by atoms with Gasteiger partial charge >= 0.3 is 0 Å². The molecule has 0 fully saturated rings. The summed E-state index contributed by atoms with van der Waals surface area (Å²) >= 11 is 0. The lowest BCUT2D eigenvalue weighted by molar-refractivity contribution is -0.576. The normalized spacial score (nSPS) is 17.0. The van der Waals surface area contributed by atoms with Crippen molar-refractivity contribution >= 4 is 22.8 Å². The molecular weight excluding hydrogens is 200 g/mol. The maximum absolute atomic E-state index is 5.80. The third-order valence-electron chi connectivity index (χ3n) is 2.28. The molecule has 4 nitrogen and oxygen atoms in total. The van der Waals surface area contributed by atoms with Crippen LogP contribution in [0.2, 0.25) is 0 Å². The molecule has 4 heteroatoms. The molecule has 6 N–H and O–H groups in total. The summed E-state index contributed by atoms with van der Waals surface area (Å²) in [5.41, 5.74) is 10.5. The van der Waals surface area contributed by atoms with E-state index in [1.54, 1.807) is 5.43 Å². The van der Waals surface area contributed by atoms with Crippen LogP contribution in [0.3, 0.4) is 0 Å². The Morgan fingerprint density at radius 1 is 1.12 bits per heavy atom. The minimum Gasteiger partial charge on any atom is -0.394 e. The van der Waals surface area contributed by atoms with E-state index in [0.29, 0.717) is 11.4 Å². The molecule has 0 atom stereocenters. The van der Waals surface area contributed by atoms with Gasteiger partial charge in [-0.25, -0.2) is 0 Å². The smallest absolute Gasteiger partial charge is 0.228 e. The highest BCUT2D eigenvalue weighted by molar-refractivity contribution is 6.48. The van der Waals surface area contributed by atoms with E-state index in [-0.39, 0.29) is 0 Å². The van der Waals surface area contributed by atoms with E-state index in [1.807, 2.05) is 48.6 Å². The molecule has 0 heterocycles. The van der Waals surface area contributed by atoms with E-state index in [1.165, 1.54) is 0 Å². The Labute approximate surface area is 93.7 Å². The Morgan fingerprint density at radius 2 is 1.88 bits per heavy atom. The van der Waals surface area contributed by atoms with Gasteiger partial charge in [-0.2, -0.15) is 5.43 Å². The van der Waals surface area contributed by atoms with Crippen LogP contribution in [-0.2, 0) is 0 Å². The summed E-state index contributed by atoms with van der Waals surface area (Å²) < 4.78 is 0. The Kier molecular flexibility index (Phi) is 2.93. The Bertz CT molecular complexity index is 497. The maximum atomic E-state index is 5.80. The zero-order valence-electron chi connectivity index (χ0n) is 8.80. The van der Waals surface area contributed by atoms with Crippen molar-refractivity contribution in [3.8, 4) is 0 Å². The van der Waals surface area contributed by atoms with Crippen molar-refractivity contribution in [3.05, 3.63) is 48.6 Å². The molecule has 0 aliphatic heterocycles. The Hall–Kier alpha value is -2.20. The summed E-state index contributed by atoms with van der Waals surface area (Å²) in [6.07, 6.45) is 7.47. The highest BCUT2D eigenvalue weighted by Crippen LogP contribution is 2.10. The van der Waals surface area contributed by atoms with E-state index >= 15 is 0 Å². The molecule has 0 amide bonds. The number of allylic oxidation sites excluding steroid dienone is 4. The van der Waals surface area contributed by atoms with Crippen molar-refractivity contribution in [2.24, 2.45) is 5.10 Å². The van der Waals surface area contributed by atoms with Gasteiger partial charge < -0.3 is 5.73 Å². The lowest BCUT2D eigenvalue weighted by Crippen LogP contribution is -2.72. The van der Waals surface area contributed by atoms with Gasteiger partial charge in [0.15, 0.2) is 11.4 Å². The third-order valence-corrected chi connectivity index (χ3v) is 2.28. The quantitative estimate of drug-likeness (QED) is 0.255. The summed E-state index contributed by atoms with van der Waals surface area (Å²) in [5, 5.41) is 10.1. The second-order valence-corrected chi connectivity index (χ2v) is 3.45. The molecule has 1 aromatic carbocycles. The molecule has 0 unspecified atom stereocenters. The molecule has 16 heavy (non-hydrogen) atoms. The van der Waals surface area contributed by atoms with Gasteiger partial charge in [-0.3, -0.25) is 5.41 Å². The Balaban J connectivity index is 2.15. The van der Waals surface area contributed by atoms with Crippen molar-refractivity contribution in [3.63, 3.8) is 0 Å². The second-order valence-electron chi connectivity index (χ2n) is 3.45. The van der Waals surface area contributed by atoms with Gasteiger partial charge in [-0.15, -0.1) is 0 Å². The molecule has 0 aromatic heterocycles. The van der Waals surface area contributed by atoms with Gasteiger partial charge in [0.1, 0.15) is 0 Å². The first kappa shape index (κ1) is 10.3. The van der Waals surface area contributed by atoms with Gasteiger partial charge in [0.25, 0.3) is 0 Å². The van der Waals surface area contributed by atoms with Gasteiger partial charge in [0.05, 0.1) is 5.69 Å². The fraction of sp³-hybridized carbons (Fsp3) is 0. The van der Waals surface area contributed by atoms with Crippen LogP contribution in [-0.4, -0.2) is 11.4 Å². The summed E-state index contributed by atoms with van der Waals surface area (Å²) in [7, 11) is 0. The average molecular weight is 214 g/mol. The predicted molar refractivity (Wildman–Crippen MR) is 65.1 cm³/mol. The number of hydrogen-bond acceptors (Lipinski definition) is 2. The number of anilines is 1. The van der Waals surface area contributed by atoms with Gasteiger partial charge in [0, 0.05) is 12.1 Å². The molecule has 0 radical (unpaired) electrons. The molecule has 2 rings (SSSR count). The van der Waals surface area contributed by atoms with Crippen LogP contribution in [0.5, 0.6) is 0 Å². The summed E-state index contributed by atoms with van der Waals surface area (Å²) in [5.74, 6) is 0. The first-order chi connectivity index (χ1) is 7.77. The van der Waals surface area contributed by atoms with Crippen molar-refractivity contribution in [1.82, 2.24) is 0 Å². The average Bonchev–Trinajstić information content (AvgIpc) is 2.30. The zero-order valence-corrected chi connectivity index (χ0v) is 8.80. The van der Waals surface area contributed by atoms with Crippen LogP contribution in [0.25, 0.3) is 0 Å². The van der Waals surface area contributed by atoms with E-state index < -0.39 is 0 Å². The lowest BCUT2D eigenvalue weighted by atomic mass is 10.1. The van der Waals surface area contributed by atoms with Gasteiger partial charge in [0.2, 0.25) is 5.71 Å². The number of nitrogens with zero attached hydrogens (tertiary/aromatic N) is 1. The van der Waals surface area contributed by atoms with Crippen molar-refractivity contribution in [2.45, 2.75) is 0 Å². The van der Waals surface area contributed by atoms with Crippen LogP contribution in [0, 0.1) is 0 Å². The van der Waals surface area contributed by atoms with Gasteiger partial charge in [-0.1, -0.05) is 29.4 Å². The highest BCUT2D eigenvalue weighted by Gasteiger charge is 2.11. The summed E-state index contributed by atoms with van der Waals surface area (Å²) in [4.78, 5) is 0. The van der Waals surface area contributed by atoms with Crippen molar-refractivity contribution < 1.29 is 10.8 Å². The molecular formula is C12H14N4+2. The minimum atomic E-state index is 0.660. The largest absolute Gasteiger partial charge is 0.394 e. The van der Waals surface area contributed by atoms with Crippen molar-refractivity contribution in [1.29, 1.82) is 0 Å². The molecule has 1 aliphatic rings. The first-order valence-electron chi connectivity index (χ1n) is 5.00.